The number of likely N-dealkylation sites (tertiary alicyclic amines) is 1. The third-order valence-electron chi connectivity index (χ3n) is 4.71. The molecule has 4 nitrogen and oxygen atoms in total. The SMILES string of the molecule is CNc1cc(C(=O)N2CCCC3CCCC32)cc(C)n1. The molecule has 4 heteroatoms. The second kappa shape index (κ2) is 5.43. The van der Waals surface area contributed by atoms with Crippen molar-refractivity contribution in [2.45, 2.75) is 45.1 Å². The van der Waals surface area contributed by atoms with Crippen molar-refractivity contribution >= 4 is 11.7 Å². The van der Waals surface area contributed by atoms with E-state index in [1.807, 2.05) is 26.1 Å². The molecule has 0 radical (unpaired) electrons. The van der Waals surface area contributed by atoms with Gasteiger partial charge in [0.15, 0.2) is 0 Å². The van der Waals surface area contributed by atoms with Crippen LogP contribution in [0, 0.1) is 12.8 Å². The maximum absolute atomic E-state index is 12.8. The number of aromatic nitrogens is 1. The van der Waals surface area contributed by atoms with Gasteiger partial charge in [-0.25, -0.2) is 4.98 Å². The number of hydrogen-bond donors (Lipinski definition) is 1. The minimum absolute atomic E-state index is 0.184. The topological polar surface area (TPSA) is 45.2 Å². The quantitative estimate of drug-likeness (QED) is 0.901. The second-order valence-electron chi connectivity index (χ2n) is 6.03. The van der Waals surface area contributed by atoms with Gasteiger partial charge in [-0.3, -0.25) is 4.79 Å². The van der Waals surface area contributed by atoms with E-state index in [4.69, 9.17) is 0 Å². The van der Waals surface area contributed by atoms with E-state index in [-0.39, 0.29) is 5.91 Å². The molecule has 2 heterocycles. The summed E-state index contributed by atoms with van der Waals surface area (Å²) in [6.45, 7) is 2.85. The number of carbonyl (C=O) groups excluding carboxylic acids is 1. The van der Waals surface area contributed by atoms with Crippen LogP contribution in [-0.4, -0.2) is 35.4 Å². The van der Waals surface area contributed by atoms with E-state index in [9.17, 15) is 4.79 Å². The first-order chi connectivity index (χ1) is 9.69. The summed E-state index contributed by atoms with van der Waals surface area (Å²) in [7, 11) is 1.84. The number of nitrogens with zero attached hydrogens (tertiary/aromatic N) is 2. The maximum atomic E-state index is 12.8. The Labute approximate surface area is 120 Å². The van der Waals surface area contributed by atoms with Gasteiger partial charge < -0.3 is 10.2 Å². The van der Waals surface area contributed by atoms with Crippen molar-refractivity contribution in [3.05, 3.63) is 23.4 Å². The fourth-order valence-electron chi connectivity index (χ4n) is 3.79. The molecule has 20 heavy (non-hydrogen) atoms. The Bertz CT molecular complexity index is 514. The zero-order valence-electron chi connectivity index (χ0n) is 12.4. The van der Waals surface area contributed by atoms with Crippen LogP contribution in [0.2, 0.25) is 0 Å². The zero-order valence-corrected chi connectivity index (χ0v) is 12.4. The summed E-state index contributed by atoms with van der Waals surface area (Å²) in [5, 5.41) is 3.03. The highest BCUT2D eigenvalue weighted by atomic mass is 16.2. The fourth-order valence-corrected chi connectivity index (χ4v) is 3.79. The van der Waals surface area contributed by atoms with Crippen LogP contribution in [-0.2, 0) is 0 Å². The number of nitrogens with one attached hydrogen (secondary N) is 1. The van der Waals surface area contributed by atoms with E-state index >= 15 is 0 Å². The number of aryl methyl sites for hydroxylation is 1. The third kappa shape index (κ3) is 2.39. The summed E-state index contributed by atoms with van der Waals surface area (Å²) in [6.07, 6.45) is 6.20. The lowest BCUT2D eigenvalue weighted by Crippen LogP contribution is -2.46. The zero-order chi connectivity index (χ0) is 14.1. The maximum Gasteiger partial charge on any atom is 0.254 e. The molecule has 108 valence electrons. The van der Waals surface area contributed by atoms with Gasteiger partial charge in [-0.05, 0) is 50.7 Å². The van der Waals surface area contributed by atoms with Crippen molar-refractivity contribution in [1.82, 2.24) is 9.88 Å². The largest absolute Gasteiger partial charge is 0.373 e. The van der Waals surface area contributed by atoms with E-state index in [0.29, 0.717) is 6.04 Å². The van der Waals surface area contributed by atoms with Gasteiger partial charge in [-0.2, -0.15) is 0 Å². The molecule has 2 aliphatic rings. The van der Waals surface area contributed by atoms with Crippen molar-refractivity contribution in [1.29, 1.82) is 0 Å². The van der Waals surface area contributed by atoms with Gasteiger partial charge >= 0.3 is 0 Å². The Balaban J connectivity index is 1.86. The normalized spacial score (nSPS) is 25.4. The lowest BCUT2D eigenvalue weighted by molar-refractivity contribution is 0.0548. The average Bonchev–Trinajstić information content (AvgIpc) is 2.94. The van der Waals surface area contributed by atoms with Crippen molar-refractivity contribution in [3.8, 4) is 0 Å². The summed E-state index contributed by atoms with van der Waals surface area (Å²) >= 11 is 0. The third-order valence-corrected chi connectivity index (χ3v) is 4.71. The first-order valence-corrected chi connectivity index (χ1v) is 7.66. The summed E-state index contributed by atoms with van der Waals surface area (Å²) in [5.74, 6) is 1.69. The average molecular weight is 273 g/mol. The van der Waals surface area contributed by atoms with Crippen molar-refractivity contribution < 1.29 is 4.79 Å². The highest BCUT2D eigenvalue weighted by Crippen LogP contribution is 2.37. The molecule has 1 amide bonds. The van der Waals surface area contributed by atoms with Gasteiger partial charge in [-0.15, -0.1) is 0 Å². The van der Waals surface area contributed by atoms with Gasteiger partial charge in [0.25, 0.3) is 5.91 Å². The molecule has 1 aromatic heterocycles. The lowest BCUT2D eigenvalue weighted by atomic mass is 9.91. The molecule has 0 spiro atoms. The van der Waals surface area contributed by atoms with Crippen LogP contribution in [0.25, 0.3) is 0 Å². The molecular formula is C16H23N3O. The van der Waals surface area contributed by atoms with Gasteiger partial charge in [0, 0.05) is 30.9 Å². The molecule has 3 rings (SSSR count). The molecule has 1 N–H and O–H groups in total. The Morgan fingerprint density at radius 3 is 2.90 bits per heavy atom. The molecule has 1 aromatic rings. The highest BCUT2D eigenvalue weighted by Gasteiger charge is 2.37. The van der Waals surface area contributed by atoms with Crippen molar-refractivity contribution in [2.24, 2.45) is 5.92 Å². The van der Waals surface area contributed by atoms with Crippen LogP contribution in [0.3, 0.4) is 0 Å². The Morgan fingerprint density at radius 1 is 1.30 bits per heavy atom. The second-order valence-corrected chi connectivity index (χ2v) is 6.03. The molecule has 2 unspecified atom stereocenters. The van der Waals surface area contributed by atoms with Crippen LogP contribution in [0.4, 0.5) is 5.82 Å². The minimum Gasteiger partial charge on any atom is -0.373 e. The van der Waals surface area contributed by atoms with Crippen molar-refractivity contribution in [3.63, 3.8) is 0 Å². The molecule has 1 aliphatic carbocycles. The van der Waals surface area contributed by atoms with Gasteiger partial charge in [0.05, 0.1) is 0 Å². The number of piperidine rings is 1. The van der Waals surface area contributed by atoms with E-state index < -0.39 is 0 Å². The molecular weight excluding hydrogens is 250 g/mol. The molecule has 2 fully saturated rings. The standard InChI is InChI=1S/C16H23N3O/c1-11-9-13(10-15(17-2)18-11)16(20)19-8-4-6-12-5-3-7-14(12)19/h9-10,12,14H,3-8H2,1-2H3,(H,17,18). The summed E-state index contributed by atoms with van der Waals surface area (Å²) < 4.78 is 0. The molecule has 0 aromatic carbocycles. The Hall–Kier alpha value is -1.58. The van der Waals surface area contributed by atoms with E-state index in [1.54, 1.807) is 0 Å². The number of hydrogen-bond acceptors (Lipinski definition) is 3. The fraction of sp³-hybridized carbons (Fsp3) is 0.625. The first kappa shape index (κ1) is 13.4. The first-order valence-electron chi connectivity index (χ1n) is 7.66. The number of amides is 1. The predicted octanol–water partition coefficient (Wildman–Crippen LogP) is 2.84. The van der Waals surface area contributed by atoms with E-state index in [0.717, 1.165) is 36.0 Å². The molecule has 2 atom stereocenters. The number of anilines is 1. The van der Waals surface area contributed by atoms with Gasteiger partial charge in [0.2, 0.25) is 0 Å². The lowest BCUT2D eigenvalue weighted by Gasteiger charge is -2.38. The van der Waals surface area contributed by atoms with Crippen LogP contribution < -0.4 is 5.32 Å². The van der Waals surface area contributed by atoms with E-state index in [1.165, 1.54) is 25.7 Å². The predicted molar refractivity (Wildman–Crippen MR) is 79.9 cm³/mol. The number of pyridine rings is 1. The highest BCUT2D eigenvalue weighted by molar-refractivity contribution is 5.95. The van der Waals surface area contributed by atoms with Gasteiger partial charge in [0.1, 0.15) is 5.82 Å². The molecule has 1 saturated carbocycles. The van der Waals surface area contributed by atoms with Crippen LogP contribution in [0.1, 0.15) is 48.2 Å². The monoisotopic (exact) mass is 273 g/mol. The van der Waals surface area contributed by atoms with Crippen molar-refractivity contribution in [2.75, 3.05) is 18.9 Å². The number of fused-ring (bicyclic) bond motifs is 1. The Morgan fingerprint density at radius 2 is 2.10 bits per heavy atom. The molecule has 1 saturated heterocycles. The van der Waals surface area contributed by atoms with Crippen LogP contribution in [0.15, 0.2) is 12.1 Å². The van der Waals surface area contributed by atoms with Crippen LogP contribution >= 0.6 is 0 Å². The molecule has 1 aliphatic heterocycles. The Kier molecular flexibility index (Phi) is 3.64. The van der Waals surface area contributed by atoms with Crippen LogP contribution in [0.5, 0.6) is 0 Å². The van der Waals surface area contributed by atoms with Gasteiger partial charge in [-0.1, -0.05) is 6.42 Å². The minimum atomic E-state index is 0.184. The van der Waals surface area contributed by atoms with E-state index in [2.05, 4.69) is 15.2 Å². The number of carbonyl (C=O) groups is 1. The number of rotatable bonds is 2. The smallest absolute Gasteiger partial charge is 0.254 e. The summed E-state index contributed by atoms with van der Waals surface area (Å²) in [5.41, 5.74) is 1.66. The summed E-state index contributed by atoms with van der Waals surface area (Å²) in [4.78, 5) is 19.3. The molecule has 0 bridgehead atoms. The summed E-state index contributed by atoms with van der Waals surface area (Å²) in [6, 6.07) is 4.25.